The van der Waals surface area contributed by atoms with Crippen LogP contribution in [-0.2, 0) is 19.3 Å². The number of H-pyrrole nitrogens is 1. The quantitative estimate of drug-likeness (QED) is 0.234. The Hall–Kier alpha value is -3.51. The lowest BCUT2D eigenvalue weighted by atomic mass is 10.0. The zero-order valence-corrected chi connectivity index (χ0v) is 23.4. The molecule has 41 heavy (non-hydrogen) atoms. The first-order chi connectivity index (χ1) is 19.7. The molecule has 2 aromatic heterocycles. The van der Waals surface area contributed by atoms with Crippen LogP contribution >= 0.6 is 0 Å². The molecule has 0 saturated heterocycles. The van der Waals surface area contributed by atoms with Gasteiger partial charge in [0.25, 0.3) is 0 Å². The first-order valence-electron chi connectivity index (χ1n) is 13.8. The van der Waals surface area contributed by atoms with Crippen LogP contribution in [0, 0.1) is 0 Å². The number of likely N-dealkylation sites (N-methyl/N-ethyl adjacent to an activating group) is 2. The van der Waals surface area contributed by atoms with Gasteiger partial charge in [-0.2, -0.15) is 23.4 Å². The number of nitrogens with one attached hydrogen (secondary N) is 1. The fraction of sp³-hybridized carbons (Fsp3) is 0.400. The van der Waals surface area contributed by atoms with Crippen LogP contribution in [0.25, 0.3) is 22.3 Å². The number of halogens is 3. The van der Waals surface area contributed by atoms with Gasteiger partial charge in [-0.05, 0) is 49.3 Å². The van der Waals surface area contributed by atoms with Gasteiger partial charge in [0.05, 0.1) is 29.2 Å². The number of hydrogen-bond acceptors (Lipinski definition) is 6. The van der Waals surface area contributed by atoms with Gasteiger partial charge in [0.15, 0.2) is 0 Å². The lowest BCUT2D eigenvalue weighted by Gasteiger charge is -2.15. The molecule has 2 unspecified atom stereocenters. The highest BCUT2D eigenvalue weighted by Gasteiger charge is 2.41. The molecule has 0 bridgehead atoms. The molecule has 218 valence electrons. The third-order valence-corrected chi connectivity index (χ3v) is 7.67. The molecule has 11 heteroatoms. The van der Waals surface area contributed by atoms with E-state index in [0.717, 1.165) is 65.3 Å². The molecule has 0 radical (unpaired) electrons. The van der Waals surface area contributed by atoms with Gasteiger partial charge in [0.1, 0.15) is 0 Å². The molecule has 1 aliphatic rings. The van der Waals surface area contributed by atoms with Crippen LogP contribution in [0.15, 0.2) is 60.9 Å². The average molecular weight is 567 g/mol. The van der Waals surface area contributed by atoms with E-state index in [4.69, 9.17) is 16.6 Å². The summed E-state index contributed by atoms with van der Waals surface area (Å²) in [5.41, 5.74) is 17.6. The van der Waals surface area contributed by atoms with Crippen molar-refractivity contribution in [1.29, 1.82) is 0 Å². The van der Waals surface area contributed by atoms with Crippen molar-refractivity contribution in [2.24, 2.45) is 11.5 Å². The Bertz CT molecular complexity index is 1430. The van der Waals surface area contributed by atoms with Gasteiger partial charge in [0.2, 0.25) is 0 Å². The monoisotopic (exact) mass is 566 g/mol. The largest absolute Gasteiger partial charge is 0.416 e. The molecule has 5 N–H and O–H groups in total. The van der Waals surface area contributed by atoms with E-state index in [1.807, 2.05) is 31.2 Å². The summed E-state index contributed by atoms with van der Waals surface area (Å²) in [6.07, 6.45) is 0.412. The van der Waals surface area contributed by atoms with Crippen LogP contribution in [0.4, 0.5) is 13.2 Å². The maximum atomic E-state index is 13.1. The minimum atomic E-state index is -4.37. The SMILES string of the molecule is CN(CCN)Cc1nn(C2CC2c2ccc(-c3cn[nH]c3CN(C)CCN)cc2)cc1-c1ccc(C(F)(F)F)cc1. The number of nitrogens with two attached hydrogens (primary N) is 2. The normalized spacial score (nSPS) is 17.1. The summed E-state index contributed by atoms with van der Waals surface area (Å²) >= 11 is 0. The van der Waals surface area contributed by atoms with Crippen molar-refractivity contribution >= 4 is 0 Å². The number of rotatable bonds is 12. The first-order valence-corrected chi connectivity index (χ1v) is 13.8. The zero-order chi connectivity index (χ0) is 29.1. The number of benzene rings is 2. The van der Waals surface area contributed by atoms with E-state index in [9.17, 15) is 13.2 Å². The van der Waals surface area contributed by atoms with Gasteiger partial charge in [0, 0.05) is 62.5 Å². The molecule has 4 aromatic rings. The highest BCUT2D eigenvalue weighted by atomic mass is 19.4. The molecule has 5 rings (SSSR count). The molecular formula is C30H37F3N8. The third-order valence-electron chi connectivity index (χ3n) is 7.67. The van der Waals surface area contributed by atoms with E-state index in [2.05, 4.69) is 44.3 Å². The lowest BCUT2D eigenvalue weighted by Crippen LogP contribution is -2.25. The highest BCUT2D eigenvalue weighted by molar-refractivity contribution is 5.67. The maximum Gasteiger partial charge on any atom is 0.416 e. The van der Waals surface area contributed by atoms with E-state index in [0.29, 0.717) is 32.1 Å². The second kappa shape index (κ2) is 12.2. The van der Waals surface area contributed by atoms with Gasteiger partial charge in [-0.3, -0.25) is 19.6 Å². The smallest absolute Gasteiger partial charge is 0.329 e. The summed E-state index contributed by atoms with van der Waals surface area (Å²) in [6, 6.07) is 14.1. The molecule has 0 aliphatic heterocycles. The minimum Gasteiger partial charge on any atom is -0.329 e. The van der Waals surface area contributed by atoms with Crippen molar-refractivity contribution in [3.05, 3.63) is 83.4 Å². The Morgan fingerprint density at radius 2 is 1.51 bits per heavy atom. The van der Waals surface area contributed by atoms with E-state index in [1.54, 1.807) is 0 Å². The van der Waals surface area contributed by atoms with Crippen molar-refractivity contribution in [2.45, 2.75) is 37.6 Å². The number of aromatic amines is 1. The standard InChI is InChI=1S/C30H37F3N8/c1-39(13-11-34)18-27-25(16-36-37-27)21-5-3-20(4-6-21)24-15-29(24)41-17-26(28(38-41)19-40(2)14-12-35)22-7-9-23(10-8-22)30(31,32)33/h3-10,16-17,24,29H,11-15,18-19,34-35H2,1-2H3,(H,36,37). The average Bonchev–Trinajstić information content (AvgIpc) is 3.42. The Morgan fingerprint density at radius 3 is 2.15 bits per heavy atom. The van der Waals surface area contributed by atoms with Crippen molar-refractivity contribution < 1.29 is 13.2 Å². The topological polar surface area (TPSA) is 105 Å². The molecule has 8 nitrogen and oxygen atoms in total. The Labute approximate surface area is 238 Å². The Morgan fingerprint density at radius 1 is 0.902 bits per heavy atom. The molecule has 0 spiro atoms. The van der Waals surface area contributed by atoms with E-state index in [1.165, 1.54) is 17.7 Å². The Kier molecular flexibility index (Phi) is 8.60. The lowest BCUT2D eigenvalue weighted by molar-refractivity contribution is -0.137. The molecule has 2 heterocycles. The van der Waals surface area contributed by atoms with Crippen LogP contribution in [-0.4, -0.2) is 70.1 Å². The van der Waals surface area contributed by atoms with Crippen molar-refractivity contribution in [3.63, 3.8) is 0 Å². The van der Waals surface area contributed by atoms with E-state index in [-0.39, 0.29) is 6.04 Å². The van der Waals surface area contributed by atoms with Gasteiger partial charge >= 0.3 is 6.18 Å². The summed E-state index contributed by atoms with van der Waals surface area (Å²) in [4.78, 5) is 4.23. The molecule has 1 fully saturated rings. The van der Waals surface area contributed by atoms with Crippen LogP contribution in [0.2, 0.25) is 0 Å². The molecule has 2 atom stereocenters. The fourth-order valence-electron chi connectivity index (χ4n) is 5.34. The molecule has 2 aromatic carbocycles. The van der Waals surface area contributed by atoms with Crippen LogP contribution in [0.3, 0.4) is 0 Å². The molecule has 0 amide bonds. The summed E-state index contributed by atoms with van der Waals surface area (Å²) < 4.78 is 41.4. The first kappa shape index (κ1) is 29.0. The predicted octanol–water partition coefficient (Wildman–Crippen LogP) is 4.47. The minimum absolute atomic E-state index is 0.192. The number of hydrogen-bond donors (Lipinski definition) is 3. The van der Waals surface area contributed by atoms with Gasteiger partial charge in [-0.15, -0.1) is 0 Å². The van der Waals surface area contributed by atoms with Gasteiger partial charge < -0.3 is 11.5 Å². The maximum absolute atomic E-state index is 13.1. The second-order valence-corrected chi connectivity index (χ2v) is 10.9. The highest BCUT2D eigenvalue weighted by Crippen LogP contribution is 2.51. The van der Waals surface area contributed by atoms with E-state index < -0.39 is 11.7 Å². The third kappa shape index (κ3) is 6.70. The van der Waals surface area contributed by atoms with Crippen LogP contribution in [0.1, 0.15) is 40.9 Å². The zero-order valence-electron chi connectivity index (χ0n) is 23.4. The second-order valence-electron chi connectivity index (χ2n) is 10.9. The van der Waals surface area contributed by atoms with Crippen molar-refractivity contribution in [2.75, 3.05) is 40.3 Å². The molecular weight excluding hydrogens is 529 g/mol. The molecule has 1 saturated carbocycles. The van der Waals surface area contributed by atoms with Gasteiger partial charge in [-0.1, -0.05) is 36.4 Å². The summed E-state index contributed by atoms with van der Waals surface area (Å²) in [7, 11) is 4.00. The van der Waals surface area contributed by atoms with Crippen molar-refractivity contribution in [1.82, 2.24) is 29.8 Å². The fourth-order valence-corrected chi connectivity index (χ4v) is 5.34. The van der Waals surface area contributed by atoms with Crippen molar-refractivity contribution in [3.8, 4) is 22.3 Å². The number of nitrogens with zero attached hydrogens (tertiary/aromatic N) is 5. The summed E-state index contributed by atoms with van der Waals surface area (Å²) in [5, 5.41) is 12.3. The Balaban J connectivity index is 1.34. The summed E-state index contributed by atoms with van der Waals surface area (Å²) in [5.74, 6) is 0.318. The summed E-state index contributed by atoms with van der Waals surface area (Å²) in [6.45, 7) is 3.91. The number of aromatic nitrogens is 4. The predicted molar refractivity (Wildman–Crippen MR) is 154 cm³/mol. The van der Waals surface area contributed by atoms with Gasteiger partial charge in [-0.25, -0.2) is 0 Å². The van der Waals surface area contributed by atoms with Crippen LogP contribution in [0.5, 0.6) is 0 Å². The van der Waals surface area contributed by atoms with E-state index >= 15 is 0 Å². The number of alkyl halides is 3. The molecule has 1 aliphatic carbocycles. The van der Waals surface area contributed by atoms with Crippen LogP contribution < -0.4 is 11.5 Å².